The maximum atomic E-state index is 12.6. The van der Waals surface area contributed by atoms with Crippen molar-refractivity contribution in [2.75, 3.05) is 25.0 Å². The van der Waals surface area contributed by atoms with Crippen molar-refractivity contribution in [3.8, 4) is 0 Å². The third-order valence-electron chi connectivity index (χ3n) is 3.95. The fraction of sp³-hybridized carbons (Fsp3) is 0.294. The first-order valence-electron chi connectivity index (χ1n) is 7.73. The van der Waals surface area contributed by atoms with Crippen LogP contribution in [0.25, 0.3) is 0 Å². The van der Waals surface area contributed by atoms with Crippen molar-refractivity contribution in [2.45, 2.75) is 13.0 Å². The Balaban J connectivity index is 1.66. The Kier molecular flexibility index (Phi) is 5.01. The first-order valence-corrected chi connectivity index (χ1v) is 8.52. The van der Waals surface area contributed by atoms with Gasteiger partial charge in [0.25, 0.3) is 11.8 Å². The SMILES string of the molecule is CC1CNCCN1C(=O)c1ccc(NC(=O)c2ccc(Br)o2)cc1. The Morgan fingerprint density at radius 2 is 2.00 bits per heavy atom. The molecule has 1 unspecified atom stereocenters. The van der Waals surface area contributed by atoms with E-state index in [0.29, 0.717) is 22.5 Å². The topological polar surface area (TPSA) is 74.6 Å². The van der Waals surface area contributed by atoms with Crippen LogP contribution in [0.2, 0.25) is 0 Å². The van der Waals surface area contributed by atoms with Crippen LogP contribution in [0.1, 0.15) is 27.8 Å². The molecule has 0 saturated carbocycles. The molecule has 1 saturated heterocycles. The molecule has 3 rings (SSSR count). The molecule has 1 aliphatic heterocycles. The zero-order valence-corrected chi connectivity index (χ0v) is 14.8. The van der Waals surface area contributed by atoms with Crippen LogP contribution in [0, 0.1) is 0 Å². The molecule has 0 bridgehead atoms. The molecular weight excluding hydrogens is 374 g/mol. The highest BCUT2D eigenvalue weighted by molar-refractivity contribution is 9.10. The molecule has 2 heterocycles. The molecule has 1 fully saturated rings. The lowest BCUT2D eigenvalue weighted by atomic mass is 10.1. The van der Waals surface area contributed by atoms with E-state index in [1.54, 1.807) is 36.4 Å². The van der Waals surface area contributed by atoms with E-state index < -0.39 is 0 Å². The first-order chi connectivity index (χ1) is 11.5. The summed E-state index contributed by atoms with van der Waals surface area (Å²) in [5, 5.41) is 6.00. The minimum atomic E-state index is -0.337. The molecule has 1 atom stereocenters. The third-order valence-corrected chi connectivity index (χ3v) is 4.38. The molecule has 2 N–H and O–H groups in total. The molecule has 1 aromatic carbocycles. The quantitative estimate of drug-likeness (QED) is 0.843. The molecule has 7 heteroatoms. The normalized spacial score (nSPS) is 17.6. The second-order valence-corrected chi connectivity index (χ2v) is 6.47. The van der Waals surface area contributed by atoms with Crippen LogP contribution in [-0.4, -0.2) is 42.4 Å². The number of hydrogen-bond donors (Lipinski definition) is 2. The van der Waals surface area contributed by atoms with Gasteiger partial charge in [-0.2, -0.15) is 0 Å². The maximum absolute atomic E-state index is 12.6. The molecule has 0 radical (unpaired) electrons. The van der Waals surface area contributed by atoms with Crippen LogP contribution >= 0.6 is 15.9 Å². The number of rotatable bonds is 3. The van der Waals surface area contributed by atoms with Gasteiger partial charge in [0.15, 0.2) is 10.4 Å². The van der Waals surface area contributed by atoms with E-state index in [0.717, 1.165) is 13.1 Å². The lowest BCUT2D eigenvalue weighted by Crippen LogP contribution is -2.52. The second-order valence-electron chi connectivity index (χ2n) is 5.69. The number of amides is 2. The summed E-state index contributed by atoms with van der Waals surface area (Å²) in [6.45, 7) is 4.34. The largest absolute Gasteiger partial charge is 0.444 e. The van der Waals surface area contributed by atoms with Gasteiger partial charge in [0.1, 0.15) is 0 Å². The number of anilines is 1. The fourth-order valence-corrected chi connectivity index (χ4v) is 2.94. The summed E-state index contributed by atoms with van der Waals surface area (Å²) < 4.78 is 5.71. The molecule has 1 aliphatic rings. The summed E-state index contributed by atoms with van der Waals surface area (Å²) in [6, 6.07) is 10.3. The predicted molar refractivity (Wildman–Crippen MR) is 94.2 cm³/mol. The zero-order valence-electron chi connectivity index (χ0n) is 13.2. The molecule has 24 heavy (non-hydrogen) atoms. The average Bonchev–Trinajstić information content (AvgIpc) is 3.02. The van der Waals surface area contributed by atoms with Crippen molar-refractivity contribution in [3.05, 3.63) is 52.4 Å². The monoisotopic (exact) mass is 391 g/mol. The zero-order chi connectivity index (χ0) is 17.1. The van der Waals surface area contributed by atoms with E-state index in [1.807, 2.05) is 11.8 Å². The van der Waals surface area contributed by atoms with Crippen LogP contribution in [0.4, 0.5) is 5.69 Å². The number of hydrogen-bond acceptors (Lipinski definition) is 4. The molecule has 0 spiro atoms. The number of carbonyl (C=O) groups is 2. The summed E-state index contributed by atoms with van der Waals surface area (Å²) in [4.78, 5) is 26.5. The van der Waals surface area contributed by atoms with E-state index in [2.05, 4.69) is 26.6 Å². The van der Waals surface area contributed by atoms with Gasteiger partial charge < -0.3 is 20.0 Å². The number of halogens is 1. The summed E-state index contributed by atoms with van der Waals surface area (Å²) in [7, 11) is 0. The lowest BCUT2D eigenvalue weighted by Gasteiger charge is -2.34. The molecular formula is C17H18BrN3O3. The van der Waals surface area contributed by atoms with Gasteiger partial charge in [-0.15, -0.1) is 0 Å². The Hall–Kier alpha value is -2.12. The third kappa shape index (κ3) is 3.68. The Morgan fingerprint density at radius 3 is 2.62 bits per heavy atom. The van der Waals surface area contributed by atoms with Crippen LogP contribution in [0.3, 0.4) is 0 Å². The highest BCUT2D eigenvalue weighted by atomic mass is 79.9. The number of furan rings is 1. The van der Waals surface area contributed by atoms with Gasteiger partial charge in [0.2, 0.25) is 0 Å². The van der Waals surface area contributed by atoms with Crippen LogP contribution in [0.5, 0.6) is 0 Å². The highest BCUT2D eigenvalue weighted by Gasteiger charge is 2.23. The van der Waals surface area contributed by atoms with E-state index in [1.165, 1.54) is 0 Å². The average molecular weight is 392 g/mol. The highest BCUT2D eigenvalue weighted by Crippen LogP contribution is 2.17. The smallest absolute Gasteiger partial charge is 0.291 e. The van der Waals surface area contributed by atoms with Gasteiger partial charge in [-0.25, -0.2) is 0 Å². The predicted octanol–water partition coefficient (Wildman–Crippen LogP) is 2.73. The van der Waals surface area contributed by atoms with Crippen LogP contribution in [-0.2, 0) is 0 Å². The van der Waals surface area contributed by atoms with Crippen molar-refractivity contribution in [2.24, 2.45) is 0 Å². The van der Waals surface area contributed by atoms with Gasteiger partial charge in [-0.1, -0.05) is 0 Å². The van der Waals surface area contributed by atoms with Crippen molar-refractivity contribution in [3.63, 3.8) is 0 Å². The van der Waals surface area contributed by atoms with Crippen molar-refractivity contribution < 1.29 is 14.0 Å². The summed E-state index contributed by atoms with van der Waals surface area (Å²) in [5.41, 5.74) is 1.22. The molecule has 0 aliphatic carbocycles. The first kappa shape index (κ1) is 16.7. The van der Waals surface area contributed by atoms with Gasteiger partial charge in [-0.05, 0) is 59.3 Å². The fourth-order valence-electron chi connectivity index (χ4n) is 2.63. The van der Waals surface area contributed by atoms with Crippen LogP contribution in [0.15, 0.2) is 45.5 Å². The van der Waals surface area contributed by atoms with Crippen molar-refractivity contribution in [1.82, 2.24) is 10.2 Å². The minimum absolute atomic E-state index is 0.0110. The molecule has 1 aromatic heterocycles. The molecule has 6 nitrogen and oxygen atoms in total. The van der Waals surface area contributed by atoms with Gasteiger partial charge >= 0.3 is 0 Å². The number of carbonyl (C=O) groups excluding carboxylic acids is 2. The number of benzene rings is 1. The van der Waals surface area contributed by atoms with E-state index >= 15 is 0 Å². The van der Waals surface area contributed by atoms with Gasteiger partial charge in [-0.3, -0.25) is 9.59 Å². The maximum Gasteiger partial charge on any atom is 0.291 e. The number of nitrogens with zero attached hydrogens (tertiary/aromatic N) is 1. The summed E-state index contributed by atoms with van der Waals surface area (Å²) in [6.07, 6.45) is 0. The standard InChI is InChI=1S/C17H18BrN3O3/c1-11-10-19-8-9-21(11)17(23)12-2-4-13(5-3-12)20-16(22)14-6-7-15(18)24-14/h2-7,11,19H,8-10H2,1H3,(H,20,22). The molecule has 126 valence electrons. The summed E-state index contributed by atoms with van der Waals surface area (Å²) >= 11 is 3.16. The Bertz CT molecular complexity index is 742. The Morgan fingerprint density at radius 1 is 1.25 bits per heavy atom. The van der Waals surface area contributed by atoms with E-state index in [9.17, 15) is 9.59 Å². The molecule has 2 amide bonds. The number of nitrogens with one attached hydrogen (secondary N) is 2. The minimum Gasteiger partial charge on any atom is -0.444 e. The van der Waals surface area contributed by atoms with Crippen LogP contribution < -0.4 is 10.6 Å². The second kappa shape index (κ2) is 7.19. The molecule has 2 aromatic rings. The van der Waals surface area contributed by atoms with Crippen molar-refractivity contribution in [1.29, 1.82) is 0 Å². The number of piperazine rings is 1. The van der Waals surface area contributed by atoms with Gasteiger partial charge in [0, 0.05) is 36.9 Å². The summed E-state index contributed by atoms with van der Waals surface area (Å²) in [5.74, 6) is -0.107. The van der Waals surface area contributed by atoms with E-state index in [4.69, 9.17) is 4.42 Å². The Labute approximate surface area is 148 Å². The lowest BCUT2D eigenvalue weighted by molar-refractivity contribution is 0.0655. The van der Waals surface area contributed by atoms with Gasteiger partial charge in [0.05, 0.1) is 0 Å². The van der Waals surface area contributed by atoms with Crippen molar-refractivity contribution >= 4 is 33.4 Å². The van der Waals surface area contributed by atoms with E-state index in [-0.39, 0.29) is 23.6 Å².